The molecule has 1 aromatic heterocycles. The first-order valence-electron chi connectivity index (χ1n) is 11.3. The predicted octanol–water partition coefficient (Wildman–Crippen LogP) is 3.51. The summed E-state index contributed by atoms with van der Waals surface area (Å²) in [5, 5.41) is 5.86. The van der Waals surface area contributed by atoms with Crippen molar-refractivity contribution in [2.45, 2.75) is 37.4 Å². The van der Waals surface area contributed by atoms with Gasteiger partial charge in [-0.15, -0.1) is 0 Å². The first kappa shape index (κ1) is 25.1. The number of nitrogens with zero attached hydrogens (tertiary/aromatic N) is 2. The molecule has 0 radical (unpaired) electrons. The number of sulfone groups is 1. The summed E-state index contributed by atoms with van der Waals surface area (Å²) in [5.74, 6) is -0.0141. The van der Waals surface area contributed by atoms with E-state index in [0.717, 1.165) is 21.3 Å². The monoisotopic (exact) mass is 516 g/mol. The number of hydrogen-bond donors (Lipinski definition) is 2. The quantitative estimate of drug-likeness (QED) is 0.518. The van der Waals surface area contributed by atoms with Crippen LogP contribution in [0.15, 0.2) is 47.4 Å². The van der Waals surface area contributed by atoms with Gasteiger partial charge in [0.05, 0.1) is 27.3 Å². The maximum absolute atomic E-state index is 12.4. The number of rotatable bonds is 6. The zero-order chi connectivity index (χ0) is 25.2. The molecule has 4 rings (SSSR count). The van der Waals surface area contributed by atoms with Crippen molar-refractivity contribution in [1.29, 1.82) is 0 Å². The van der Waals surface area contributed by atoms with Crippen LogP contribution in [0.3, 0.4) is 0 Å². The van der Waals surface area contributed by atoms with Gasteiger partial charge in [-0.3, -0.25) is 10.1 Å². The summed E-state index contributed by atoms with van der Waals surface area (Å²) in [4.78, 5) is 31.2. The molecule has 2 heterocycles. The van der Waals surface area contributed by atoms with Crippen molar-refractivity contribution in [2.75, 3.05) is 31.2 Å². The molecule has 35 heavy (non-hydrogen) atoms. The predicted molar refractivity (Wildman–Crippen MR) is 136 cm³/mol. The third kappa shape index (κ3) is 6.36. The van der Waals surface area contributed by atoms with E-state index in [2.05, 4.69) is 15.6 Å². The van der Waals surface area contributed by atoms with Crippen LogP contribution in [0.1, 0.15) is 20.3 Å². The van der Waals surface area contributed by atoms with Crippen LogP contribution in [-0.4, -0.2) is 68.3 Å². The molecule has 9 nitrogen and oxygen atoms in total. The van der Waals surface area contributed by atoms with Crippen LogP contribution in [0, 0.1) is 0 Å². The number of amides is 3. The fraction of sp³-hybridized carbons (Fsp3) is 0.375. The second-order valence-corrected chi connectivity index (χ2v) is 11.7. The topological polar surface area (TPSA) is 118 Å². The van der Waals surface area contributed by atoms with Crippen molar-refractivity contribution in [1.82, 2.24) is 15.2 Å². The molecule has 2 atom stereocenters. The molecule has 186 valence electrons. The number of thiazole rings is 1. The molecule has 1 aliphatic heterocycles. The smallest absolute Gasteiger partial charge is 0.321 e. The van der Waals surface area contributed by atoms with E-state index in [9.17, 15) is 18.0 Å². The van der Waals surface area contributed by atoms with Crippen LogP contribution in [0.4, 0.5) is 9.93 Å². The lowest BCUT2D eigenvalue weighted by molar-refractivity contribution is -0.143. The van der Waals surface area contributed by atoms with Gasteiger partial charge >= 0.3 is 6.03 Å². The number of aromatic nitrogens is 1. The highest BCUT2D eigenvalue weighted by atomic mass is 32.2. The first-order chi connectivity index (χ1) is 16.6. The van der Waals surface area contributed by atoms with Crippen LogP contribution in [0.25, 0.3) is 21.3 Å². The minimum atomic E-state index is -3.30. The first-order valence-corrected chi connectivity index (χ1v) is 14.0. The van der Waals surface area contributed by atoms with Gasteiger partial charge in [-0.05, 0) is 49.2 Å². The largest absolute Gasteiger partial charge is 0.372 e. The van der Waals surface area contributed by atoms with E-state index in [-0.39, 0.29) is 36.0 Å². The van der Waals surface area contributed by atoms with Gasteiger partial charge in [-0.1, -0.05) is 29.5 Å². The lowest BCUT2D eigenvalue weighted by atomic mass is 10.1. The molecule has 0 spiro atoms. The van der Waals surface area contributed by atoms with E-state index in [1.54, 1.807) is 23.1 Å². The lowest BCUT2D eigenvalue weighted by Gasteiger charge is -2.35. The van der Waals surface area contributed by atoms with Gasteiger partial charge in [0.2, 0.25) is 5.91 Å². The Labute approximate surface area is 208 Å². The average molecular weight is 517 g/mol. The molecular formula is C24H28N4O5S2. The molecule has 11 heteroatoms. The van der Waals surface area contributed by atoms with Crippen LogP contribution in [-0.2, 0) is 19.4 Å². The van der Waals surface area contributed by atoms with Gasteiger partial charge in [0.1, 0.15) is 0 Å². The molecular weight excluding hydrogens is 488 g/mol. The van der Waals surface area contributed by atoms with Crippen molar-refractivity contribution in [3.8, 4) is 11.1 Å². The van der Waals surface area contributed by atoms with Gasteiger partial charge in [0, 0.05) is 32.3 Å². The van der Waals surface area contributed by atoms with Crippen molar-refractivity contribution in [3.63, 3.8) is 0 Å². The highest BCUT2D eigenvalue weighted by Gasteiger charge is 2.25. The second-order valence-electron chi connectivity index (χ2n) is 8.69. The summed E-state index contributed by atoms with van der Waals surface area (Å²) >= 11 is 1.32. The molecule has 1 fully saturated rings. The van der Waals surface area contributed by atoms with Crippen LogP contribution < -0.4 is 10.6 Å². The summed E-state index contributed by atoms with van der Waals surface area (Å²) in [7, 11) is -3.30. The molecule has 0 aliphatic carbocycles. The summed E-state index contributed by atoms with van der Waals surface area (Å²) < 4.78 is 30.2. The van der Waals surface area contributed by atoms with E-state index in [4.69, 9.17) is 4.74 Å². The van der Waals surface area contributed by atoms with E-state index in [0.29, 0.717) is 18.2 Å². The maximum atomic E-state index is 12.4. The zero-order valence-electron chi connectivity index (χ0n) is 19.8. The summed E-state index contributed by atoms with van der Waals surface area (Å²) in [6, 6.07) is 12.0. The number of ether oxygens (including phenoxy) is 1. The molecule has 1 saturated heterocycles. The SMILES string of the molecule is CC1CN(C(=O)CCNC(=O)Nc2nc3ccc(-c4cccc(S(C)(=O)=O)c4)cc3s2)CC(C)O1. The van der Waals surface area contributed by atoms with E-state index >= 15 is 0 Å². The number of benzene rings is 2. The molecule has 3 amide bonds. The second kappa shape index (κ2) is 10.3. The molecule has 2 unspecified atom stereocenters. The number of hydrogen-bond acceptors (Lipinski definition) is 7. The number of fused-ring (bicyclic) bond motifs is 1. The standard InChI is InChI=1S/C24H28N4O5S2/c1-15-13-28(14-16(2)33-15)22(29)9-10-25-23(30)27-24-26-20-8-7-18(12-21(20)34-24)17-5-4-6-19(11-17)35(3,31)32/h4-8,11-12,15-16H,9-10,13-14H2,1-3H3,(H2,25,26,27,30). The third-order valence-corrected chi connectivity index (χ3v) is 7.64. The number of nitrogens with one attached hydrogen (secondary N) is 2. The number of morpholine rings is 1. The Balaban J connectivity index is 1.35. The highest BCUT2D eigenvalue weighted by molar-refractivity contribution is 7.90. The Bertz CT molecular complexity index is 1340. The van der Waals surface area contributed by atoms with Crippen LogP contribution >= 0.6 is 11.3 Å². The van der Waals surface area contributed by atoms with E-state index in [1.165, 1.54) is 17.6 Å². The van der Waals surface area contributed by atoms with Gasteiger partial charge in [-0.25, -0.2) is 18.2 Å². The molecule has 2 N–H and O–H groups in total. The molecule has 0 bridgehead atoms. The normalized spacial score (nSPS) is 18.4. The minimum Gasteiger partial charge on any atom is -0.372 e. The Kier molecular flexibility index (Phi) is 7.39. The lowest BCUT2D eigenvalue weighted by Crippen LogP contribution is -2.48. The summed E-state index contributed by atoms with van der Waals surface area (Å²) in [5.41, 5.74) is 2.36. The van der Waals surface area contributed by atoms with Crippen LogP contribution in [0.5, 0.6) is 0 Å². The highest BCUT2D eigenvalue weighted by Crippen LogP contribution is 2.31. The Hall–Kier alpha value is -3.02. The molecule has 1 aliphatic rings. The van der Waals surface area contributed by atoms with Gasteiger partial charge < -0.3 is 15.0 Å². The average Bonchev–Trinajstić information content (AvgIpc) is 3.19. The fourth-order valence-electron chi connectivity index (χ4n) is 4.03. The van der Waals surface area contributed by atoms with Crippen LogP contribution in [0.2, 0.25) is 0 Å². The maximum Gasteiger partial charge on any atom is 0.321 e. The zero-order valence-corrected chi connectivity index (χ0v) is 21.4. The molecule has 3 aromatic rings. The Morgan fingerprint density at radius 1 is 1.11 bits per heavy atom. The van der Waals surface area contributed by atoms with Crippen molar-refractivity contribution in [2.24, 2.45) is 0 Å². The summed E-state index contributed by atoms with van der Waals surface area (Å²) in [6.07, 6.45) is 1.40. The number of carbonyl (C=O) groups excluding carboxylic acids is 2. The number of anilines is 1. The van der Waals surface area contributed by atoms with Crippen molar-refractivity contribution in [3.05, 3.63) is 42.5 Å². The van der Waals surface area contributed by atoms with Gasteiger partial charge in [0.25, 0.3) is 0 Å². The van der Waals surface area contributed by atoms with Gasteiger partial charge in [0.15, 0.2) is 15.0 Å². The van der Waals surface area contributed by atoms with E-state index < -0.39 is 15.9 Å². The fourth-order valence-corrected chi connectivity index (χ4v) is 5.59. The molecule has 2 aromatic carbocycles. The van der Waals surface area contributed by atoms with Gasteiger partial charge in [-0.2, -0.15) is 0 Å². The number of carbonyl (C=O) groups is 2. The molecule has 0 saturated carbocycles. The third-order valence-electron chi connectivity index (χ3n) is 5.60. The van der Waals surface area contributed by atoms with E-state index in [1.807, 2.05) is 38.1 Å². The number of urea groups is 1. The van der Waals surface area contributed by atoms with Crippen molar-refractivity contribution >= 4 is 48.5 Å². The minimum absolute atomic E-state index is 0.00198. The Morgan fingerprint density at radius 3 is 2.54 bits per heavy atom. The van der Waals surface area contributed by atoms with Crippen molar-refractivity contribution < 1.29 is 22.7 Å². The Morgan fingerprint density at radius 2 is 1.83 bits per heavy atom. The summed E-state index contributed by atoms with van der Waals surface area (Å²) in [6.45, 7) is 5.21.